The molecule has 0 spiro atoms. The standard InChI is InChI=1S/C20H27ClN4O.ClH/c1-4-11-24(18-9-10-22-13-18)20(26)12-19-14(2)23-25(15(19)3)17-7-5-16(21)6-8-17;/h5-8,18,22H,4,9-13H2,1-3H3;1H. The minimum atomic E-state index is 0. The summed E-state index contributed by atoms with van der Waals surface area (Å²) in [6.07, 6.45) is 2.42. The van der Waals surface area contributed by atoms with Crippen LogP contribution in [0.4, 0.5) is 0 Å². The van der Waals surface area contributed by atoms with Crippen LogP contribution in [-0.4, -0.2) is 46.3 Å². The number of carbonyl (C=O) groups excluding carboxylic acids is 1. The van der Waals surface area contributed by atoms with E-state index in [0.717, 1.165) is 55.1 Å². The molecule has 1 aromatic heterocycles. The number of benzene rings is 1. The van der Waals surface area contributed by atoms with Gasteiger partial charge in [0.05, 0.1) is 17.8 Å². The predicted octanol–water partition coefficient (Wildman–Crippen LogP) is 3.71. The molecule has 1 N–H and O–H groups in total. The molecular formula is C20H28Cl2N4O. The smallest absolute Gasteiger partial charge is 0.227 e. The van der Waals surface area contributed by atoms with Gasteiger partial charge in [0.15, 0.2) is 0 Å². The highest BCUT2D eigenvalue weighted by molar-refractivity contribution is 6.30. The molecule has 2 heterocycles. The summed E-state index contributed by atoms with van der Waals surface area (Å²) in [5.41, 5.74) is 3.90. The molecule has 3 rings (SSSR count). The van der Waals surface area contributed by atoms with E-state index in [4.69, 9.17) is 11.6 Å². The molecule has 5 nitrogen and oxygen atoms in total. The fourth-order valence-corrected chi connectivity index (χ4v) is 3.80. The summed E-state index contributed by atoms with van der Waals surface area (Å²) in [5.74, 6) is 0.197. The summed E-state index contributed by atoms with van der Waals surface area (Å²) < 4.78 is 1.90. The van der Waals surface area contributed by atoms with Gasteiger partial charge in [-0.3, -0.25) is 4.79 Å². The lowest BCUT2D eigenvalue weighted by molar-refractivity contribution is -0.132. The van der Waals surface area contributed by atoms with Gasteiger partial charge in [0.1, 0.15) is 0 Å². The second kappa shape index (κ2) is 9.58. The molecule has 1 saturated heterocycles. The minimum absolute atomic E-state index is 0. The summed E-state index contributed by atoms with van der Waals surface area (Å²) in [6.45, 7) is 8.83. The van der Waals surface area contributed by atoms with Crippen molar-refractivity contribution in [3.05, 3.63) is 46.2 Å². The molecule has 7 heteroatoms. The Bertz CT molecular complexity index is 767. The molecule has 27 heavy (non-hydrogen) atoms. The second-order valence-corrected chi connectivity index (χ2v) is 7.38. The quantitative estimate of drug-likeness (QED) is 0.789. The zero-order chi connectivity index (χ0) is 18.7. The summed E-state index contributed by atoms with van der Waals surface area (Å²) in [4.78, 5) is 15.1. The van der Waals surface area contributed by atoms with Crippen molar-refractivity contribution in [1.82, 2.24) is 20.0 Å². The molecule has 0 saturated carbocycles. The monoisotopic (exact) mass is 410 g/mol. The topological polar surface area (TPSA) is 50.2 Å². The first-order chi connectivity index (χ1) is 12.5. The van der Waals surface area contributed by atoms with E-state index >= 15 is 0 Å². The van der Waals surface area contributed by atoms with Gasteiger partial charge in [-0.05, 0) is 57.5 Å². The van der Waals surface area contributed by atoms with Gasteiger partial charge in [0, 0.05) is 35.4 Å². The van der Waals surface area contributed by atoms with Crippen LogP contribution in [-0.2, 0) is 11.2 Å². The van der Waals surface area contributed by atoms with Crippen molar-refractivity contribution in [2.45, 2.75) is 46.1 Å². The van der Waals surface area contributed by atoms with E-state index < -0.39 is 0 Å². The van der Waals surface area contributed by atoms with E-state index in [1.165, 1.54) is 0 Å². The van der Waals surface area contributed by atoms with Crippen LogP contribution in [0.5, 0.6) is 0 Å². The highest BCUT2D eigenvalue weighted by Crippen LogP contribution is 2.21. The van der Waals surface area contributed by atoms with Crippen molar-refractivity contribution < 1.29 is 4.79 Å². The predicted molar refractivity (Wildman–Crippen MR) is 112 cm³/mol. The Morgan fingerprint density at radius 3 is 2.63 bits per heavy atom. The van der Waals surface area contributed by atoms with Crippen LogP contribution in [0.3, 0.4) is 0 Å². The van der Waals surface area contributed by atoms with Gasteiger partial charge in [0.25, 0.3) is 0 Å². The molecule has 1 unspecified atom stereocenters. The van der Waals surface area contributed by atoms with E-state index in [2.05, 4.69) is 22.2 Å². The molecule has 0 radical (unpaired) electrons. The lowest BCUT2D eigenvalue weighted by Crippen LogP contribution is -2.43. The first-order valence-corrected chi connectivity index (χ1v) is 9.70. The Morgan fingerprint density at radius 2 is 2.04 bits per heavy atom. The highest BCUT2D eigenvalue weighted by Gasteiger charge is 2.27. The Morgan fingerprint density at radius 1 is 1.33 bits per heavy atom. The zero-order valence-corrected chi connectivity index (χ0v) is 17.7. The molecule has 1 aromatic carbocycles. The summed E-state index contributed by atoms with van der Waals surface area (Å²) in [6, 6.07) is 7.92. The third-order valence-electron chi connectivity index (χ3n) is 5.10. The number of amides is 1. The molecule has 1 fully saturated rings. The molecule has 0 aliphatic carbocycles. The van der Waals surface area contributed by atoms with Gasteiger partial charge in [0.2, 0.25) is 5.91 Å². The molecule has 1 atom stereocenters. The van der Waals surface area contributed by atoms with Gasteiger partial charge in [-0.25, -0.2) is 4.68 Å². The van der Waals surface area contributed by atoms with E-state index in [9.17, 15) is 4.79 Å². The fraction of sp³-hybridized carbons (Fsp3) is 0.500. The first-order valence-electron chi connectivity index (χ1n) is 9.32. The lowest BCUT2D eigenvalue weighted by Gasteiger charge is -2.28. The maximum Gasteiger partial charge on any atom is 0.227 e. The van der Waals surface area contributed by atoms with Crippen molar-refractivity contribution in [2.24, 2.45) is 0 Å². The van der Waals surface area contributed by atoms with Crippen LogP contribution in [0.15, 0.2) is 24.3 Å². The molecule has 1 aliphatic rings. The van der Waals surface area contributed by atoms with Crippen molar-refractivity contribution in [2.75, 3.05) is 19.6 Å². The molecular weight excluding hydrogens is 383 g/mol. The summed E-state index contributed by atoms with van der Waals surface area (Å²) in [5, 5.41) is 8.72. The maximum absolute atomic E-state index is 13.0. The summed E-state index contributed by atoms with van der Waals surface area (Å²) in [7, 11) is 0. The number of rotatable bonds is 6. The van der Waals surface area contributed by atoms with E-state index in [-0.39, 0.29) is 18.3 Å². The van der Waals surface area contributed by atoms with Gasteiger partial charge >= 0.3 is 0 Å². The number of aryl methyl sites for hydroxylation is 1. The number of hydrogen-bond acceptors (Lipinski definition) is 3. The first kappa shape index (κ1) is 21.7. The molecule has 2 aromatic rings. The van der Waals surface area contributed by atoms with Crippen LogP contribution in [0.2, 0.25) is 5.02 Å². The van der Waals surface area contributed by atoms with Crippen molar-refractivity contribution in [3.8, 4) is 5.69 Å². The minimum Gasteiger partial charge on any atom is -0.338 e. The van der Waals surface area contributed by atoms with Crippen LogP contribution >= 0.6 is 24.0 Å². The fourth-order valence-electron chi connectivity index (χ4n) is 3.67. The van der Waals surface area contributed by atoms with Gasteiger partial charge in [-0.15, -0.1) is 12.4 Å². The zero-order valence-electron chi connectivity index (χ0n) is 16.2. The number of halogens is 2. The second-order valence-electron chi connectivity index (χ2n) is 6.95. The van der Waals surface area contributed by atoms with Crippen LogP contribution in [0, 0.1) is 13.8 Å². The Kier molecular flexibility index (Phi) is 7.71. The van der Waals surface area contributed by atoms with Crippen molar-refractivity contribution in [1.29, 1.82) is 0 Å². The third-order valence-corrected chi connectivity index (χ3v) is 5.35. The third kappa shape index (κ3) is 4.84. The maximum atomic E-state index is 13.0. The van der Waals surface area contributed by atoms with E-state index in [0.29, 0.717) is 17.5 Å². The Hall–Kier alpha value is -1.56. The number of nitrogens with one attached hydrogen (secondary N) is 1. The van der Waals surface area contributed by atoms with Crippen molar-refractivity contribution in [3.63, 3.8) is 0 Å². The Labute approximate surface area is 172 Å². The van der Waals surface area contributed by atoms with Gasteiger partial charge < -0.3 is 10.2 Å². The largest absolute Gasteiger partial charge is 0.338 e. The van der Waals surface area contributed by atoms with E-state index in [1.807, 2.05) is 42.8 Å². The van der Waals surface area contributed by atoms with Crippen LogP contribution in [0.25, 0.3) is 5.69 Å². The normalized spacial score (nSPS) is 16.2. The number of hydrogen-bond donors (Lipinski definition) is 1. The SMILES string of the molecule is CCCN(C(=O)Cc1c(C)nn(-c2ccc(Cl)cc2)c1C)C1CCNC1.Cl. The van der Waals surface area contributed by atoms with Crippen LogP contribution < -0.4 is 5.32 Å². The van der Waals surface area contributed by atoms with E-state index in [1.54, 1.807) is 0 Å². The lowest BCUT2D eigenvalue weighted by atomic mass is 10.1. The van der Waals surface area contributed by atoms with Crippen LogP contribution in [0.1, 0.15) is 36.7 Å². The molecule has 1 aliphatic heterocycles. The molecule has 148 valence electrons. The average molecular weight is 411 g/mol. The molecule has 0 bridgehead atoms. The average Bonchev–Trinajstić information content (AvgIpc) is 3.24. The van der Waals surface area contributed by atoms with Gasteiger partial charge in [-0.2, -0.15) is 5.10 Å². The molecule has 1 amide bonds. The summed E-state index contributed by atoms with van der Waals surface area (Å²) >= 11 is 5.99. The highest BCUT2D eigenvalue weighted by atomic mass is 35.5. The number of nitrogens with zero attached hydrogens (tertiary/aromatic N) is 3. The van der Waals surface area contributed by atoms with Crippen molar-refractivity contribution >= 4 is 29.9 Å². The number of carbonyl (C=O) groups is 1. The van der Waals surface area contributed by atoms with Gasteiger partial charge in [-0.1, -0.05) is 18.5 Å². The Balaban J connectivity index is 0.00000261. The number of aromatic nitrogens is 2.